The third kappa shape index (κ3) is 5.08. The average Bonchev–Trinajstić information content (AvgIpc) is 2.35. The molecule has 0 aliphatic heterocycles. The van der Waals surface area contributed by atoms with Gasteiger partial charge in [0.25, 0.3) is 0 Å². The summed E-state index contributed by atoms with van der Waals surface area (Å²) in [6, 6.07) is 10.4. The minimum absolute atomic E-state index is 0.149. The highest BCUT2D eigenvalue weighted by Crippen LogP contribution is 2.23. The lowest BCUT2D eigenvalue weighted by Crippen LogP contribution is -2.31. The van der Waals surface area contributed by atoms with Gasteiger partial charge in [0.15, 0.2) is 0 Å². The van der Waals surface area contributed by atoms with Crippen LogP contribution in [0.4, 0.5) is 0 Å². The number of nitrogens with one attached hydrogen (secondary N) is 1. The fraction of sp³-hybridized carbons (Fsp3) is 0.533. The van der Waals surface area contributed by atoms with Crippen LogP contribution < -0.4 is 5.32 Å². The lowest BCUT2D eigenvalue weighted by Gasteiger charge is -2.26. The molecule has 0 heterocycles. The highest BCUT2D eigenvalue weighted by molar-refractivity contribution is 6.30. The van der Waals surface area contributed by atoms with E-state index in [1.165, 1.54) is 5.56 Å². The molecule has 2 nitrogen and oxygen atoms in total. The Morgan fingerprint density at radius 3 is 2.50 bits per heavy atom. The first-order valence-electron chi connectivity index (χ1n) is 6.30. The van der Waals surface area contributed by atoms with Gasteiger partial charge in [-0.1, -0.05) is 37.6 Å². The third-order valence-corrected chi connectivity index (χ3v) is 3.42. The predicted octanol–water partition coefficient (Wildman–Crippen LogP) is 4.32. The van der Waals surface area contributed by atoms with E-state index in [-0.39, 0.29) is 5.41 Å². The quantitative estimate of drug-likeness (QED) is 0.831. The van der Waals surface area contributed by atoms with Gasteiger partial charge in [-0.05, 0) is 36.5 Å². The molecule has 0 saturated heterocycles. The third-order valence-electron chi connectivity index (χ3n) is 3.17. The van der Waals surface area contributed by atoms with Crippen molar-refractivity contribution in [2.24, 2.45) is 5.41 Å². The molecule has 98 valence electrons. The molecule has 0 aliphatic rings. The van der Waals surface area contributed by atoms with E-state index in [0.29, 0.717) is 12.5 Å². The first-order valence-corrected chi connectivity index (χ1v) is 6.68. The standard InChI is InChI=1S/C15H21ClN2/c1-12(13-5-7-14(16)8-6-13)18-11-15(2,3)9-4-10-17/h5-8,12,18H,4,9,11H2,1-3H3. The normalized spacial score (nSPS) is 13.1. The van der Waals surface area contributed by atoms with Crippen molar-refractivity contribution in [3.63, 3.8) is 0 Å². The maximum absolute atomic E-state index is 8.63. The van der Waals surface area contributed by atoms with Crippen molar-refractivity contribution in [2.45, 2.75) is 39.7 Å². The Kier molecular flexibility index (Phi) is 5.65. The molecule has 1 atom stereocenters. The molecule has 0 fully saturated rings. The van der Waals surface area contributed by atoms with Crippen LogP contribution in [0, 0.1) is 16.7 Å². The van der Waals surface area contributed by atoms with E-state index in [9.17, 15) is 0 Å². The Bertz CT molecular complexity index is 403. The number of halogens is 1. The Balaban J connectivity index is 2.48. The first-order chi connectivity index (χ1) is 8.44. The molecule has 1 N–H and O–H groups in total. The number of benzene rings is 1. The summed E-state index contributed by atoms with van der Waals surface area (Å²) in [6.45, 7) is 7.42. The molecule has 0 saturated carbocycles. The van der Waals surface area contributed by atoms with E-state index in [1.54, 1.807) is 0 Å². The van der Waals surface area contributed by atoms with E-state index < -0.39 is 0 Å². The maximum atomic E-state index is 8.63. The molecule has 18 heavy (non-hydrogen) atoms. The van der Waals surface area contributed by atoms with E-state index in [4.69, 9.17) is 16.9 Å². The van der Waals surface area contributed by atoms with Gasteiger partial charge in [0.1, 0.15) is 0 Å². The zero-order chi connectivity index (χ0) is 13.6. The fourth-order valence-corrected chi connectivity index (χ4v) is 1.91. The summed E-state index contributed by atoms with van der Waals surface area (Å²) in [4.78, 5) is 0. The van der Waals surface area contributed by atoms with Crippen LogP contribution in [0.1, 0.15) is 45.2 Å². The molecule has 0 amide bonds. The summed E-state index contributed by atoms with van der Waals surface area (Å²) in [5.74, 6) is 0. The van der Waals surface area contributed by atoms with Gasteiger partial charge < -0.3 is 5.32 Å². The highest BCUT2D eigenvalue weighted by atomic mass is 35.5. The molecule has 3 heteroatoms. The monoisotopic (exact) mass is 264 g/mol. The summed E-state index contributed by atoms with van der Waals surface area (Å²) < 4.78 is 0. The van der Waals surface area contributed by atoms with Crippen molar-refractivity contribution < 1.29 is 0 Å². The van der Waals surface area contributed by atoms with Gasteiger partial charge in [-0.25, -0.2) is 0 Å². The second kappa shape index (κ2) is 6.78. The number of nitriles is 1. The molecule has 0 aromatic heterocycles. The predicted molar refractivity (Wildman–Crippen MR) is 76.5 cm³/mol. The molecular formula is C15H21ClN2. The smallest absolute Gasteiger partial charge is 0.0621 e. The molecule has 1 rings (SSSR count). The number of nitrogens with zero attached hydrogens (tertiary/aromatic N) is 1. The summed E-state index contributed by atoms with van der Waals surface area (Å²) in [6.07, 6.45) is 1.54. The second-order valence-corrected chi connectivity index (χ2v) is 5.91. The second-order valence-electron chi connectivity index (χ2n) is 5.48. The summed E-state index contributed by atoms with van der Waals surface area (Å²) in [5.41, 5.74) is 1.38. The van der Waals surface area contributed by atoms with E-state index >= 15 is 0 Å². The van der Waals surface area contributed by atoms with Gasteiger partial charge in [-0.3, -0.25) is 0 Å². The van der Waals surface area contributed by atoms with Crippen LogP contribution in [0.2, 0.25) is 5.02 Å². The lowest BCUT2D eigenvalue weighted by atomic mass is 9.87. The largest absolute Gasteiger partial charge is 0.310 e. The van der Waals surface area contributed by atoms with Crippen molar-refractivity contribution in [3.05, 3.63) is 34.9 Å². The Morgan fingerprint density at radius 1 is 1.33 bits per heavy atom. The Hall–Kier alpha value is -1.04. The molecule has 0 aliphatic carbocycles. The van der Waals surface area contributed by atoms with Gasteiger partial charge in [-0.2, -0.15) is 5.26 Å². The van der Waals surface area contributed by atoms with Crippen molar-refractivity contribution in [3.8, 4) is 6.07 Å². The van der Waals surface area contributed by atoms with E-state index in [1.807, 2.05) is 24.3 Å². The van der Waals surface area contributed by atoms with Crippen LogP contribution in [0.15, 0.2) is 24.3 Å². The van der Waals surface area contributed by atoms with Gasteiger partial charge in [0.2, 0.25) is 0 Å². The van der Waals surface area contributed by atoms with Gasteiger partial charge in [0.05, 0.1) is 6.07 Å². The van der Waals surface area contributed by atoms with Crippen molar-refractivity contribution in [1.82, 2.24) is 5.32 Å². The maximum Gasteiger partial charge on any atom is 0.0621 e. The molecule has 0 radical (unpaired) electrons. The molecule has 0 bridgehead atoms. The van der Waals surface area contributed by atoms with E-state index in [2.05, 4.69) is 32.2 Å². The number of hydrogen-bond donors (Lipinski definition) is 1. The van der Waals surface area contributed by atoms with Gasteiger partial charge >= 0.3 is 0 Å². The van der Waals surface area contributed by atoms with E-state index in [0.717, 1.165) is 18.0 Å². The Labute approximate surface area is 115 Å². The van der Waals surface area contributed by atoms with Crippen LogP contribution >= 0.6 is 11.6 Å². The summed E-state index contributed by atoms with van der Waals surface area (Å²) in [5, 5.41) is 12.9. The van der Waals surface area contributed by atoms with Crippen molar-refractivity contribution in [1.29, 1.82) is 5.26 Å². The molecule has 1 aromatic rings. The molecule has 0 spiro atoms. The van der Waals surface area contributed by atoms with Crippen LogP contribution in [-0.4, -0.2) is 6.54 Å². The van der Waals surface area contributed by atoms with Gasteiger partial charge in [-0.15, -0.1) is 0 Å². The summed E-state index contributed by atoms with van der Waals surface area (Å²) in [7, 11) is 0. The van der Waals surface area contributed by atoms with Crippen LogP contribution in [-0.2, 0) is 0 Å². The number of hydrogen-bond acceptors (Lipinski definition) is 2. The van der Waals surface area contributed by atoms with Crippen LogP contribution in [0.3, 0.4) is 0 Å². The van der Waals surface area contributed by atoms with Crippen molar-refractivity contribution >= 4 is 11.6 Å². The summed E-state index contributed by atoms with van der Waals surface area (Å²) >= 11 is 5.87. The average molecular weight is 265 g/mol. The first kappa shape index (κ1) is 15.0. The van der Waals surface area contributed by atoms with Crippen LogP contribution in [0.5, 0.6) is 0 Å². The lowest BCUT2D eigenvalue weighted by molar-refractivity contribution is 0.305. The molecule has 1 unspecified atom stereocenters. The Morgan fingerprint density at radius 2 is 1.94 bits per heavy atom. The zero-order valence-electron chi connectivity index (χ0n) is 11.3. The zero-order valence-corrected chi connectivity index (χ0v) is 12.1. The highest BCUT2D eigenvalue weighted by Gasteiger charge is 2.18. The molecular weight excluding hydrogens is 244 g/mol. The van der Waals surface area contributed by atoms with Crippen molar-refractivity contribution in [2.75, 3.05) is 6.54 Å². The topological polar surface area (TPSA) is 35.8 Å². The minimum Gasteiger partial charge on any atom is -0.310 e. The van der Waals surface area contributed by atoms with Gasteiger partial charge in [0, 0.05) is 24.0 Å². The van der Waals surface area contributed by atoms with Crippen LogP contribution in [0.25, 0.3) is 0 Å². The SMILES string of the molecule is CC(NCC(C)(C)CCC#N)c1ccc(Cl)cc1. The fourth-order valence-electron chi connectivity index (χ4n) is 1.78. The molecule has 1 aromatic carbocycles. The number of rotatable bonds is 6. The minimum atomic E-state index is 0.149.